The molecule has 2 rings (SSSR count). The van der Waals surface area contributed by atoms with Crippen molar-refractivity contribution >= 4 is 0 Å². The highest BCUT2D eigenvalue weighted by molar-refractivity contribution is 5.14. The molecule has 0 aromatic rings. The smallest absolute Gasteiger partial charge is 0.0855 e. The van der Waals surface area contributed by atoms with Crippen molar-refractivity contribution in [2.75, 3.05) is 0 Å². The van der Waals surface area contributed by atoms with E-state index in [4.69, 9.17) is 0 Å². The van der Waals surface area contributed by atoms with Crippen molar-refractivity contribution in [3.8, 4) is 0 Å². The minimum absolute atomic E-state index is 0.468. The Hall–Kier alpha value is -0.300. The molecule has 0 radical (unpaired) electrons. The molecule has 1 heteroatoms. The molecule has 3 atom stereocenters. The summed E-state index contributed by atoms with van der Waals surface area (Å²) in [6.07, 6.45) is 5.13. The van der Waals surface area contributed by atoms with Gasteiger partial charge in [0.1, 0.15) is 0 Å². The van der Waals surface area contributed by atoms with Gasteiger partial charge in [0.2, 0.25) is 0 Å². The van der Waals surface area contributed by atoms with Gasteiger partial charge in [0.25, 0.3) is 0 Å². The van der Waals surface area contributed by atoms with E-state index in [1.54, 1.807) is 6.08 Å². The van der Waals surface area contributed by atoms with E-state index in [0.29, 0.717) is 5.92 Å². The van der Waals surface area contributed by atoms with Crippen molar-refractivity contribution in [2.45, 2.75) is 24.9 Å². The van der Waals surface area contributed by atoms with Crippen LogP contribution in [0.3, 0.4) is 0 Å². The van der Waals surface area contributed by atoms with Crippen LogP contribution in [0.1, 0.15) is 19.3 Å². The van der Waals surface area contributed by atoms with Gasteiger partial charge in [-0.2, -0.15) is 0 Å². The van der Waals surface area contributed by atoms with E-state index in [-0.39, 0.29) is 0 Å². The molecular formula is C8H12O. The first-order valence-corrected chi connectivity index (χ1v) is 3.62. The van der Waals surface area contributed by atoms with Crippen molar-refractivity contribution in [2.24, 2.45) is 11.8 Å². The monoisotopic (exact) mass is 124 g/mol. The summed E-state index contributed by atoms with van der Waals surface area (Å²) in [5.41, 5.74) is -0.468. The molecule has 50 valence electrons. The minimum Gasteiger partial charge on any atom is -0.386 e. The molecule has 2 aliphatic rings. The van der Waals surface area contributed by atoms with E-state index >= 15 is 0 Å². The average Bonchev–Trinajstić information content (AvgIpc) is 2.58. The molecule has 0 spiro atoms. The van der Waals surface area contributed by atoms with Crippen LogP contribution in [0.2, 0.25) is 0 Å². The normalized spacial score (nSPS) is 54.8. The molecule has 0 amide bonds. The fourth-order valence-corrected chi connectivity index (χ4v) is 2.03. The maximum absolute atomic E-state index is 9.69. The van der Waals surface area contributed by atoms with E-state index in [1.807, 2.05) is 0 Å². The first kappa shape index (κ1) is 5.48. The van der Waals surface area contributed by atoms with Gasteiger partial charge in [0.05, 0.1) is 5.60 Å². The quantitative estimate of drug-likeness (QED) is 0.523. The Balaban J connectivity index is 2.19. The van der Waals surface area contributed by atoms with Crippen molar-refractivity contribution in [3.63, 3.8) is 0 Å². The highest BCUT2D eigenvalue weighted by Gasteiger charge is 2.55. The summed E-state index contributed by atoms with van der Waals surface area (Å²) in [5, 5.41) is 9.69. The van der Waals surface area contributed by atoms with E-state index in [0.717, 1.165) is 12.3 Å². The van der Waals surface area contributed by atoms with Crippen LogP contribution >= 0.6 is 0 Å². The molecule has 9 heavy (non-hydrogen) atoms. The highest BCUT2D eigenvalue weighted by Crippen LogP contribution is 2.57. The molecule has 0 aromatic heterocycles. The molecule has 2 fully saturated rings. The van der Waals surface area contributed by atoms with Crippen LogP contribution in [0.4, 0.5) is 0 Å². The number of hydrogen-bond acceptors (Lipinski definition) is 1. The second kappa shape index (κ2) is 1.40. The Bertz CT molecular complexity index is 153. The van der Waals surface area contributed by atoms with Gasteiger partial charge in [-0.05, 0) is 31.1 Å². The van der Waals surface area contributed by atoms with Gasteiger partial charge in [0, 0.05) is 0 Å². The zero-order valence-electron chi connectivity index (χ0n) is 5.51. The van der Waals surface area contributed by atoms with Gasteiger partial charge in [-0.15, -0.1) is 6.58 Å². The molecular weight excluding hydrogens is 112 g/mol. The summed E-state index contributed by atoms with van der Waals surface area (Å²) in [7, 11) is 0. The summed E-state index contributed by atoms with van der Waals surface area (Å²) in [4.78, 5) is 0. The SMILES string of the molecule is C=CC1(O)CCC2CC21. The van der Waals surface area contributed by atoms with Gasteiger partial charge >= 0.3 is 0 Å². The predicted octanol–water partition coefficient (Wildman–Crippen LogP) is 1.33. The van der Waals surface area contributed by atoms with Gasteiger partial charge in [-0.1, -0.05) is 6.08 Å². The Kier molecular flexibility index (Phi) is 0.854. The summed E-state index contributed by atoms with van der Waals surface area (Å²) in [6.45, 7) is 3.64. The molecule has 0 aliphatic heterocycles. The van der Waals surface area contributed by atoms with E-state index in [1.165, 1.54) is 12.8 Å². The summed E-state index contributed by atoms with van der Waals surface area (Å²) in [5.74, 6) is 1.42. The predicted molar refractivity (Wildman–Crippen MR) is 36.0 cm³/mol. The van der Waals surface area contributed by atoms with Crippen molar-refractivity contribution in [3.05, 3.63) is 12.7 Å². The van der Waals surface area contributed by atoms with Gasteiger partial charge in [-0.25, -0.2) is 0 Å². The Labute approximate surface area is 55.4 Å². The van der Waals surface area contributed by atoms with Crippen molar-refractivity contribution in [1.29, 1.82) is 0 Å². The van der Waals surface area contributed by atoms with Crippen molar-refractivity contribution in [1.82, 2.24) is 0 Å². The lowest BCUT2D eigenvalue weighted by Gasteiger charge is -2.18. The molecule has 2 saturated carbocycles. The lowest BCUT2D eigenvalue weighted by atomic mass is 9.98. The number of rotatable bonds is 1. The van der Waals surface area contributed by atoms with Crippen LogP contribution in [0.15, 0.2) is 12.7 Å². The first-order chi connectivity index (χ1) is 4.26. The molecule has 0 heterocycles. The molecule has 2 aliphatic carbocycles. The molecule has 1 N–H and O–H groups in total. The van der Waals surface area contributed by atoms with E-state index < -0.39 is 5.60 Å². The average molecular weight is 124 g/mol. The maximum atomic E-state index is 9.69. The van der Waals surface area contributed by atoms with Crippen LogP contribution in [0.25, 0.3) is 0 Å². The van der Waals surface area contributed by atoms with Crippen LogP contribution in [0, 0.1) is 11.8 Å². The van der Waals surface area contributed by atoms with E-state index in [2.05, 4.69) is 6.58 Å². The summed E-state index contributed by atoms with van der Waals surface area (Å²) in [6, 6.07) is 0. The Morgan fingerprint density at radius 1 is 1.67 bits per heavy atom. The van der Waals surface area contributed by atoms with Gasteiger partial charge in [-0.3, -0.25) is 0 Å². The number of hydrogen-bond donors (Lipinski definition) is 1. The molecule has 1 nitrogen and oxygen atoms in total. The highest BCUT2D eigenvalue weighted by atomic mass is 16.3. The second-order valence-electron chi connectivity index (χ2n) is 3.34. The Morgan fingerprint density at radius 3 is 2.67 bits per heavy atom. The maximum Gasteiger partial charge on any atom is 0.0855 e. The molecule has 0 bridgehead atoms. The lowest BCUT2D eigenvalue weighted by Crippen LogP contribution is -2.24. The van der Waals surface area contributed by atoms with Gasteiger partial charge in [0.15, 0.2) is 0 Å². The summed E-state index contributed by atoms with van der Waals surface area (Å²) < 4.78 is 0. The van der Waals surface area contributed by atoms with Crippen LogP contribution in [-0.4, -0.2) is 10.7 Å². The molecule has 0 saturated heterocycles. The van der Waals surface area contributed by atoms with E-state index in [9.17, 15) is 5.11 Å². The van der Waals surface area contributed by atoms with Crippen LogP contribution in [0.5, 0.6) is 0 Å². The van der Waals surface area contributed by atoms with Crippen molar-refractivity contribution < 1.29 is 5.11 Å². The zero-order chi connectivity index (χ0) is 6.48. The number of fused-ring (bicyclic) bond motifs is 1. The fraction of sp³-hybridized carbons (Fsp3) is 0.750. The lowest BCUT2D eigenvalue weighted by molar-refractivity contribution is 0.0759. The Morgan fingerprint density at radius 2 is 2.44 bits per heavy atom. The third kappa shape index (κ3) is 0.584. The summed E-state index contributed by atoms with van der Waals surface area (Å²) >= 11 is 0. The zero-order valence-corrected chi connectivity index (χ0v) is 5.51. The standard InChI is InChI=1S/C8H12O/c1-2-8(9)4-3-6-5-7(6)8/h2,6-7,9H,1,3-5H2. The minimum atomic E-state index is -0.468. The first-order valence-electron chi connectivity index (χ1n) is 3.62. The third-order valence-corrected chi connectivity index (χ3v) is 2.83. The third-order valence-electron chi connectivity index (χ3n) is 2.83. The van der Waals surface area contributed by atoms with Crippen LogP contribution in [-0.2, 0) is 0 Å². The topological polar surface area (TPSA) is 20.2 Å². The largest absolute Gasteiger partial charge is 0.386 e. The fourth-order valence-electron chi connectivity index (χ4n) is 2.03. The molecule has 3 unspecified atom stereocenters. The van der Waals surface area contributed by atoms with Gasteiger partial charge < -0.3 is 5.11 Å². The number of aliphatic hydroxyl groups is 1. The second-order valence-corrected chi connectivity index (χ2v) is 3.34. The molecule has 0 aromatic carbocycles. The van der Waals surface area contributed by atoms with Crippen LogP contribution < -0.4 is 0 Å².